The first kappa shape index (κ1) is 9.95. The maximum atomic E-state index is 11.9. The van der Waals surface area contributed by atoms with E-state index >= 15 is 0 Å². The van der Waals surface area contributed by atoms with Gasteiger partial charge in [0.2, 0.25) is 0 Å². The van der Waals surface area contributed by atoms with Crippen LogP contribution in [0, 0.1) is 0 Å². The maximum absolute atomic E-state index is 11.9. The molecule has 0 aromatic heterocycles. The van der Waals surface area contributed by atoms with Gasteiger partial charge in [-0.05, 0) is 0 Å². The van der Waals surface area contributed by atoms with Crippen LogP contribution in [0.3, 0.4) is 0 Å². The summed E-state index contributed by atoms with van der Waals surface area (Å²) in [6, 6.07) is 0. The molecule has 1 heterocycles. The summed E-state index contributed by atoms with van der Waals surface area (Å²) >= 11 is 0. The topological polar surface area (TPSA) is 27.7 Å². The van der Waals surface area contributed by atoms with Gasteiger partial charge in [-0.25, -0.2) is 0 Å². The molecule has 0 bridgehead atoms. The van der Waals surface area contributed by atoms with E-state index in [1.807, 2.05) is 0 Å². The molecule has 0 aliphatic carbocycles. The number of halogens is 3. The van der Waals surface area contributed by atoms with E-state index in [-0.39, 0.29) is 0 Å². The predicted octanol–water partition coefficient (Wildman–Crippen LogP) is 0.0405. The molecule has 1 saturated heterocycles. The van der Waals surface area contributed by atoms with Gasteiger partial charge in [0.15, 0.2) is 0 Å². The fourth-order valence-electron chi connectivity index (χ4n) is 0.822. The molecular weight excluding hydrogens is 173 g/mol. The summed E-state index contributed by atoms with van der Waals surface area (Å²) in [7, 11) is -3.67. The molecule has 0 unspecified atom stereocenters. The zero-order chi connectivity index (χ0) is 8.97. The van der Waals surface area contributed by atoms with Crippen LogP contribution in [0.1, 0.15) is 0 Å². The first-order valence-corrected chi connectivity index (χ1v) is 3.44. The number of hydrogen-bond donors (Lipinski definition) is 0. The fourth-order valence-corrected chi connectivity index (χ4v) is 0.822. The van der Waals surface area contributed by atoms with Gasteiger partial charge in [0, 0.05) is 0 Å². The van der Waals surface area contributed by atoms with Gasteiger partial charge in [0.25, 0.3) is 0 Å². The summed E-state index contributed by atoms with van der Waals surface area (Å²) in [5.74, 6) is 0. The van der Waals surface area contributed by atoms with Crippen LogP contribution in [-0.4, -0.2) is 41.1 Å². The second-order valence-electron chi connectivity index (χ2n) is 2.16. The van der Waals surface area contributed by atoms with Gasteiger partial charge < -0.3 is 13.7 Å². The predicted molar refractivity (Wildman–Crippen MR) is 38.4 cm³/mol. The summed E-state index contributed by atoms with van der Waals surface area (Å²) in [6.45, 7) is -2.84. The third kappa shape index (κ3) is 2.43. The molecule has 0 radical (unpaired) electrons. The highest BCUT2D eigenvalue weighted by molar-refractivity contribution is 6.73. The molecule has 0 saturated carbocycles. The second-order valence-corrected chi connectivity index (χ2v) is 2.16. The van der Waals surface area contributed by atoms with Crippen molar-refractivity contribution in [2.75, 3.05) is 19.7 Å². The Hall–Kier alpha value is -0.135. The molecule has 0 N–H and O–H groups in total. The molecule has 66 valence electrons. The summed E-state index contributed by atoms with van der Waals surface area (Å²) in [5, 5.41) is 0. The van der Waals surface area contributed by atoms with Crippen LogP contribution in [0.5, 0.6) is 0 Å². The van der Waals surface area contributed by atoms with Crippen LogP contribution in [0.2, 0.25) is 0 Å². The highest BCUT2D eigenvalue weighted by atomic mass is 19.1. The van der Waals surface area contributed by atoms with Gasteiger partial charge in [-0.3, -0.25) is 13.2 Å². The molecule has 1 rings (SSSR count). The summed E-state index contributed by atoms with van der Waals surface area (Å²) < 4.78 is 49.5. The van der Waals surface area contributed by atoms with Gasteiger partial charge in [-0.15, -0.1) is 0 Å². The highest BCUT2D eigenvalue weighted by Gasteiger charge is 2.40. The van der Waals surface area contributed by atoms with E-state index in [4.69, 9.17) is 0 Å². The highest BCUT2D eigenvalue weighted by Crippen LogP contribution is 2.09. The van der Waals surface area contributed by atoms with Crippen LogP contribution in [0.4, 0.5) is 13.2 Å². The minimum atomic E-state index is -1.22. The lowest BCUT2D eigenvalue weighted by molar-refractivity contribution is 0.247. The third-order valence-electron chi connectivity index (χ3n) is 1.29. The molecule has 0 spiro atoms. The first-order chi connectivity index (χ1) is 5.80. The lowest BCUT2D eigenvalue weighted by atomic mass is 9.72. The minimum absolute atomic E-state index is 0.948. The van der Waals surface area contributed by atoms with Crippen LogP contribution in [-0.2, 0) is 13.7 Å². The Morgan fingerprint density at radius 3 is 1.08 bits per heavy atom. The summed E-state index contributed by atoms with van der Waals surface area (Å²) in [5.41, 5.74) is 0. The Bertz CT molecular complexity index is 111. The van der Waals surface area contributed by atoms with Crippen molar-refractivity contribution in [1.82, 2.24) is 0 Å². The molecule has 1 aliphatic heterocycles. The normalized spacial score (nSPS) is 18.8. The molecular formula is C3H6B3F3O3. The van der Waals surface area contributed by atoms with Gasteiger partial charge in [-0.1, -0.05) is 0 Å². The number of rotatable bonds is 3. The number of alkyl halides is 3. The molecule has 0 aromatic rings. The lowest BCUT2D eigenvalue weighted by Gasteiger charge is -2.27. The van der Waals surface area contributed by atoms with E-state index in [1.54, 1.807) is 0 Å². The van der Waals surface area contributed by atoms with Crippen LogP contribution in [0.25, 0.3) is 0 Å². The molecule has 1 aliphatic rings. The fraction of sp³-hybridized carbons (Fsp3) is 1.00. The Balaban J connectivity index is 2.41. The van der Waals surface area contributed by atoms with Gasteiger partial charge in [-0.2, -0.15) is 0 Å². The second kappa shape index (κ2) is 4.78. The van der Waals surface area contributed by atoms with Crippen molar-refractivity contribution in [3.05, 3.63) is 0 Å². The van der Waals surface area contributed by atoms with E-state index in [0.29, 0.717) is 0 Å². The monoisotopic (exact) mass is 180 g/mol. The molecule has 3 nitrogen and oxygen atoms in total. The zero-order valence-electron chi connectivity index (χ0n) is 6.21. The lowest BCUT2D eigenvalue weighted by Crippen LogP contribution is -2.52. The molecule has 0 atom stereocenters. The van der Waals surface area contributed by atoms with E-state index < -0.39 is 41.1 Å². The Kier molecular flexibility index (Phi) is 3.97. The van der Waals surface area contributed by atoms with E-state index in [9.17, 15) is 13.2 Å². The molecule has 0 aromatic carbocycles. The van der Waals surface area contributed by atoms with Crippen molar-refractivity contribution in [3.8, 4) is 0 Å². The van der Waals surface area contributed by atoms with E-state index in [1.165, 1.54) is 0 Å². The van der Waals surface area contributed by atoms with E-state index in [2.05, 4.69) is 13.7 Å². The molecule has 9 heteroatoms. The van der Waals surface area contributed by atoms with Gasteiger partial charge in [0.1, 0.15) is 19.7 Å². The Morgan fingerprint density at radius 2 is 0.917 bits per heavy atom. The van der Waals surface area contributed by atoms with Crippen molar-refractivity contribution < 1.29 is 26.9 Å². The quantitative estimate of drug-likeness (QED) is 0.573. The van der Waals surface area contributed by atoms with Crippen molar-refractivity contribution in [2.24, 2.45) is 0 Å². The average Bonchev–Trinajstić information content (AvgIpc) is 2.16. The largest absolute Gasteiger partial charge is 0.462 e. The molecule has 12 heavy (non-hydrogen) atoms. The average molecular weight is 180 g/mol. The first-order valence-electron chi connectivity index (χ1n) is 3.44. The van der Waals surface area contributed by atoms with Crippen LogP contribution in [0.15, 0.2) is 0 Å². The summed E-state index contributed by atoms with van der Waals surface area (Å²) in [4.78, 5) is 0. The van der Waals surface area contributed by atoms with Crippen molar-refractivity contribution in [3.63, 3.8) is 0 Å². The molecule has 1 fully saturated rings. The minimum Gasteiger partial charge on any atom is -0.449 e. The van der Waals surface area contributed by atoms with E-state index in [0.717, 1.165) is 0 Å². The third-order valence-corrected chi connectivity index (χ3v) is 1.29. The maximum Gasteiger partial charge on any atom is 0.462 e. The smallest absolute Gasteiger partial charge is 0.449 e. The van der Waals surface area contributed by atoms with Crippen molar-refractivity contribution in [1.29, 1.82) is 0 Å². The number of hydrogen-bond acceptors (Lipinski definition) is 3. The standard InChI is InChI=1S/C3H6B3F3O3/c7-1-4-10-5(2-8)12-6(3-9)11-4/h1-3H2. The van der Waals surface area contributed by atoms with Gasteiger partial charge in [0.05, 0.1) is 0 Å². The van der Waals surface area contributed by atoms with Gasteiger partial charge >= 0.3 is 21.4 Å². The summed E-state index contributed by atoms with van der Waals surface area (Å²) in [6.07, 6.45) is 0. The van der Waals surface area contributed by atoms with Crippen LogP contribution < -0.4 is 0 Å². The molecule has 0 amide bonds. The SMILES string of the molecule is FCB1OB(CF)OB(CF)O1. The Labute approximate surface area is 69.0 Å². The van der Waals surface area contributed by atoms with Crippen molar-refractivity contribution in [2.45, 2.75) is 0 Å². The van der Waals surface area contributed by atoms with Crippen LogP contribution >= 0.6 is 0 Å². The van der Waals surface area contributed by atoms with Crippen molar-refractivity contribution >= 4 is 21.4 Å². The Morgan fingerprint density at radius 1 is 0.667 bits per heavy atom. The zero-order valence-corrected chi connectivity index (χ0v) is 6.21.